The van der Waals surface area contributed by atoms with E-state index in [2.05, 4.69) is 34.3 Å². The molecule has 0 aromatic carbocycles. The lowest BCUT2D eigenvalue weighted by atomic mass is 9.47. The smallest absolute Gasteiger partial charge is 0.0841 e. The molecule has 124 valence electrons. The molecule has 0 unspecified atom stereocenters. The van der Waals surface area contributed by atoms with Crippen molar-refractivity contribution in [2.75, 3.05) is 0 Å². The number of rotatable bonds is 1. The van der Waals surface area contributed by atoms with E-state index in [1.54, 1.807) is 0 Å². The first kappa shape index (κ1) is 16.3. The molecule has 0 radical (unpaired) electrons. The van der Waals surface area contributed by atoms with E-state index in [0.717, 1.165) is 24.8 Å². The molecule has 5 atom stereocenters. The molecule has 0 amide bonds. The molecular weight excluding hydrogens is 272 g/mol. The molecule has 2 N–H and O–H groups in total. The van der Waals surface area contributed by atoms with E-state index in [1.165, 1.54) is 18.4 Å². The summed E-state index contributed by atoms with van der Waals surface area (Å²) in [5, 5.41) is 21.9. The van der Waals surface area contributed by atoms with Gasteiger partial charge < -0.3 is 10.2 Å². The summed E-state index contributed by atoms with van der Waals surface area (Å²) in [5.41, 5.74) is 2.57. The Morgan fingerprint density at radius 1 is 1.09 bits per heavy atom. The highest BCUT2D eigenvalue weighted by atomic mass is 16.3. The molecule has 22 heavy (non-hydrogen) atoms. The van der Waals surface area contributed by atoms with Crippen LogP contribution in [-0.2, 0) is 0 Å². The summed E-state index contributed by atoms with van der Waals surface area (Å²) in [7, 11) is 0. The molecule has 1 fully saturated rings. The molecular formula is C20H32O2. The Morgan fingerprint density at radius 3 is 2.41 bits per heavy atom. The highest BCUT2D eigenvalue weighted by Gasteiger charge is 2.56. The molecule has 0 spiro atoms. The van der Waals surface area contributed by atoms with Gasteiger partial charge in [0.25, 0.3) is 0 Å². The number of aliphatic hydroxyl groups is 2. The number of fused-ring (bicyclic) bond motifs is 2. The van der Waals surface area contributed by atoms with E-state index in [9.17, 15) is 10.2 Å². The van der Waals surface area contributed by atoms with E-state index < -0.39 is 6.10 Å². The van der Waals surface area contributed by atoms with Crippen molar-refractivity contribution in [3.63, 3.8) is 0 Å². The van der Waals surface area contributed by atoms with Gasteiger partial charge in [0.15, 0.2) is 0 Å². The van der Waals surface area contributed by atoms with Gasteiger partial charge in [0, 0.05) is 5.41 Å². The number of allylic oxidation sites excluding steroid dienone is 1. The molecule has 0 aromatic rings. The minimum Gasteiger partial charge on any atom is -0.392 e. The molecule has 0 aromatic heterocycles. The van der Waals surface area contributed by atoms with Crippen molar-refractivity contribution in [2.24, 2.45) is 22.2 Å². The Labute approximate surface area is 135 Å². The average molecular weight is 304 g/mol. The Bertz CT molecular complexity index is 518. The van der Waals surface area contributed by atoms with Gasteiger partial charge in [-0.3, -0.25) is 0 Å². The van der Waals surface area contributed by atoms with Gasteiger partial charge in [-0.05, 0) is 54.4 Å². The van der Waals surface area contributed by atoms with E-state index in [0.29, 0.717) is 12.3 Å². The van der Waals surface area contributed by atoms with Crippen molar-refractivity contribution in [2.45, 2.75) is 78.4 Å². The van der Waals surface area contributed by atoms with Crippen molar-refractivity contribution >= 4 is 0 Å². The molecule has 3 rings (SSSR count). The monoisotopic (exact) mass is 304 g/mol. The second kappa shape index (κ2) is 4.95. The summed E-state index contributed by atoms with van der Waals surface area (Å²) >= 11 is 0. The molecule has 0 aliphatic heterocycles. The van der Waals surface area contributed by atoms with Crippen LogP contribution in [0.2, 0.25) is 0 Å². The summed E-state index contributed by atoms with van der Waals surface area (Å²) in [6.07, 6.45) is 7.32. The van der Waals surface area contributed by atoms with Crippen LogP contribution in [0.5, 0.6) is 0 Å². The highest BCUT2D eigenvalue weighted by Crippen LogP contribution is 2.62. The fourth-order valence-corrected chi connectivity index (χ4v) is 6.07. The predicted molar refractivity (Wildman–Crippen MR) is 90.4 cm³/mol. The molecule has 0 saturated heterocycles. The van der Waals surface area contributed by atoms with Crippen molar-refractivity contribution in [1.29, 1.82) is 0 Å². The second-order valence-corrected chi connectivity index (χ2v) is 9.13. The lowest BCUT2D eigenvalue weighted by Gasteiger charge is -2.59. The number of hydrogen-bond donors (Lipinski definition) is 2. The molecule has 0 bridgehead atoms. The van der Waals surface area contributed by atoms with Gasteiger partial charge in [0.2, 0.25) is 0 Å². The first-order chi connectivity index (χ1) is 10.2. The van der Waals surface area contributed by atoms with Crippen LogP contribution in [0.25, 0.3) is 0 Å². The van der Waals surface area contributed by atoms with Crippen LogP contribution in [0.4, 0.5) is 0 Å². The van der Waals surface area contributed by atoms with Crippen LogP contribution >= 0.6 is 0 Å². The predicted octanol–water partition coefficient (Wildman–Crippen LogP) is 4.23. The Hall–Kier alpha value is -0.600. The molecule has 3 aliphatic rings. The fourth-order valence-electron chi connectivity index (χ4n) is 6.07. The van der Waals surface area contributed by atoms with Crippen LogP contribution in [0.3, 0.4) is 0 Å². The zero-order valence-corrected chi connectivity index (χ0v) is 14.7. The van der Waals surface area contributed by atoms with Crippen molar-refractivity contribution in [3.8, 4) is 0 Å². The van der Waals surface area contributed by atoms with Crippen molar-refractivity contribution in [3.05, 3.63) is 23.8 Å². The summed E-state index contributed by atoms with van der Waals surface area (Å²) in [4.78, 5) is 0. The highest BCUT2D eigenvalue weighted by molar-refractivity contribution is 5.37. The van der Waals surface area contributed by atoms with E-state index in [1.807, 2.05) is 6.08 Å². The third-order valence-corrected chi connectivity index (χ3v) is 7.27. The first-order valence-corrected chi connectivity index (χ1v) is 8.88. The first-order valence-electron chi connectivity index (χ1n) is 8.88. The summed E-state index contributed by atoms with van der Waals surface area (Å²) in [6, 6.07) is 0. The van der Waals surface area contributed by atoms with Crippen LogP contribution in [-0.4, -0.2) is 22.4 Å². The molecule has 0 heterocycles. The third-order valence-electron chi connectivity index (χ3n) is 7.27. The van der Waals surface area contributed by atoms with Gasteiger partial charge in [-0.2, -0.15) is 0 Å². The van der Waals surface area contributed by atoms with E-state index in [4.69, 9.17) is 0 Å². The maximum atomic E-state index is 10.9. The topological polar surface area (TPSA) is 40.5 Å². The SMILES string of the molecule is C=C[C@@]1(C)CCC2=C(C[C@@H](O)[C@H]3C(C)(C)CCC[C@]23C)[C@@H]1O. The van der Waals surface area contributed by atoms with Gasteiger partial charge in [-0.1, -0.05) is 45.8 Å². The van der Waals surface area contributed by atoms with E-state index in [-0.39, 0.29) is 22.3 Å². The Morgan fingerprint density at radius 2 is 1.77 bits per heavy atom. The van der Waals surface area contributed by atoms with Gasteiger partial charge in [-0.15, -0.1) is 6.58 Å². The molecule has 3 aliphatic carbocycles. The number of hydrogen-bond acceptors (Lipinski definition) is 2. The van der Waals surface area contributed by atoms with Crippen molar-refractivity contribution < 1.29 is 10.2 Å². The molecule has 2 nitrogen and oxygen atoms in total. The minimum absolute atomic E-state index is 0.0538. The maximum absolute atomic E-state index is 10.9. The van der Waals surface area contributed by atoms with Crippen LogP contribution in [0.1, 0.15) is 66.2 Å². The van der Waals surface area contributed by atoms with Gasteiger partial charge in [0.05, 0.1) is 12.2 Å². The van der Waals surface area contributed by atoms with Crippen LogP contribution < -0.4 is 0 Å². The molecule has 1 saturated carbocycles. The average Bonchev–Trinajstić information content (AvgIpc) is 2.42. The molecule has 2 heteroatoms. The van der Waals surface area contributed by atoms with Crippen LogP contribution in [0.15, 0.2) is 23.8 Å². The van der Waals surface area contributed by atoms with E-state index >= 15 is 0 Å². The zero-order chi connectivity index (χ0) is 16.3. The normalized spacial score (nSPS) is 47.6. The number of aliphatic hydroxyl groups excluding tert-OH is 2. The lowest BCUT2D eigenvalue weighted by molar-refractivity contribution is -0.0845. The van der Waals surface area contributed by atoms with Crippen LogP contribution in [0, 0.1) is 22.2 Å². The fraction of sp³-hybridized carbons (Fsp3) is 0.800. The Kier molecular flexibility index (Phi) is 3.66. The van der Waals surface area contributed by atoms with Gasteiger partial charge >= 0.3 is 0 Å². The maximum Gasteiger partial charge on any atom is 0.0841 e. The quantitative estimate of drug-likeness (QED) is 0.712. The van der Waals surface area contributed by atoms with Gasteiger partial charge in [-0.25, -0.2) is 0 Å². The minimum atomic E-state index is -0.480. The summed E-state index contributed by atoms with van der Waals surface area (Å²) in [5.74, 6) is 0.313. The third kappa shape index (κ3) is 2.06. The largest absolute Gasteiger partial charge is 0.392 e. The Balaban J connectivity index is 2.10. The van der Waals surface area contributed by atoms with Gasteiger partial charge in [0.1, 0.15) is 0 Å². The standard InChI is InChI=1S/C20H32O2/c1-6-19(4)11-8-14-13(17(19)22)12-15(21)16-18(2,3)9-7-10-20(14,16)5/h6,15-17,21-22H,1,7-12H2,2-5H3/t15-,16+,17+,19+,20-/m1/s1. The summed E-state index contributed by atoms with van der Waals surface area (Å²) < 4.78 is 0. The zero-order valence-electron chi connectivity index (χ0n) is 14.7. The summed E-state index contributed by atoms with van der Waals surface area (Å²) in [6.45, 7) is 13.0. The van der Waals surface area contributed by atoms with Crippen molar-refractivity contribution in [1.82, 2.24) is 0 Å². The lowest BCUT2D eigenvalue weighted by Crippen LogP contribution is -2.55. The second-order valence-electron chi connectivity index (χ2n) is 9.13.